The van der Waals surface area contributed by atoms with Crippen LogP contribution in [0, 0.1) is 11.3 Å². The van der Waals surface area contributed by atoms with E-state index in [1.165, 1.54) is 23.3 Å². The van der Waals surface area contributed by atoms with Crippen LogP contribution in [0.1, 0.15) is 44.1 Å². The molecule has 0 unspecified atom stereocenters. The van der Waals surface area contributed by atoms with Crippen LogP contribution in [0.4, 0.5) is 0 Å². The smallest absolute Gasteiger partial charge is 0.202 e. The van der Waals surface area contributed by atoms with Gasteiger partial charge in [0, 0.05) is 11.9 Å². The molecule has 4 aromatic heterocycles. The monoisotopic (exact) mass is 414 g/mol. The van der Waals surface area contributed by atoms with Gasteiger partial charge in [0.15, 0.2) is 5.65 Å². The maximum atomic E-state index is 6.31. The van der Waals surface area contributed by atoms with Gasteiger partial charge >= 0.3 is 0 Å². The molecule has 4 heterocycles. The molecule has 8 heteroatoms. The highest BCUT2D eigenvalue weighted by molar-refractivity contribution is 7.19. The standard InChI is InChI=1S/C20H23ClN6S/c1-5-20(2,3)11-6-7-12-14(8-11)28-19-15(12)18-24-17(25-27(18)10-22-19)16-13(21)9-23-26(16)4/h9-11H,5-8H2,1-4H3/t11-/m1/s1. The second kappa shape index (κ2) is 6.26. The number of thiophene rings is 1. The second-order valence-corrected chi connectivity index (χ2v) is 9.87. The summed E-state index contributed by atoms with van der Waals surface area (Å²) in [5.41, 5.74) is 3.38. The van der Waals surface area contributed by atoms with Crippen molar-refractivity contribution < 1.29 is 0 Å². The van der Waals surface area contributed by atoms with Gasteiger partial charge in [0.2, 0.25) is 5.82 Å². The van der Waals surface area contributed by atoms with Crippen molar-refractivity contribution in [2.24, 2.45) is 18.4 Å². The van der Waals surface area contributed by atoms with Gasteiger partial charge in [-0.05, 0) is 36.2 Å². The summed E-state index contributed by atoms with van der Waals surface area (Å²) >= 11 is 8.13. The van der Waals surface area contributed by atoms with Gasteiger partial charge in [-0.3, -0.25) is 4.68 Å². The number of aromatic nitrogens is 6. The summed E-state index contributed by atoms with van der Waals surface area (Å²) in [4.78, 5) is 12.1. The Kier molecular flexibility index (Phi) is 4.04. The lowest BCUT2D eigenvalue weighted by Gasteiger charge is -2.36. The van der Waals surface area contributed by atoms with Crippen LogP contribution in [0.5, 0.6) is 0 Å². The van der Waals surface area contributed by atoms with E-state index < -0.39 is 0 Å². The number of aryl methyl sites for hydroxylation is 2. The zero-order valence-electron chi connectivity index (χ0n) is 16.5. The molecule has 0 bridgehead atoms. The normalized spacial score (nSPS) is 17.5. The number of rotatable bonds is 3. The summed E-state index contributed by atoms with van der Waals surface area (Å²) in [7, 11) is 1.85. The van der Waals surface area contributed by atoms with Gasteiger partial charge in [0.25, 0.3) is 0 Å². The van der Waals surface area contributed by atoms with Crippen LogP contribution in [0.25, 0.3) is 27.4 Å². The molecule has 0 N–H and O–H groups in total. The molecular formula is C20H23ClN6S. The van der Waals surface area contributed by atoms with Gasteiger partial charge in [0.1, 0.15) is 16.9 Å². The average Bonchev–Trinajstić information content (AvgIpc) is 3.34. The van der Waals surface area contributed by atoms with Crippen LogP contribution in [-0.2, 0) is 19.9 Å². The Morgan fingerprint density at radius 3 is 2.89 bits per heavy atom. The van der Waals surface area contributed by atoms with Gasteiger partial charge in [-0.2, -0.15) is 5.10 Å². The van der Waals surface area contributed by atoms with Crippen LogP contribution in [0.2, 0.25) is 5.02 Å². The SMILES string of the molecule is CCC(C)(C)[C@@H]1CCc2c(sc3ncn4nc(-c5c(Cl)cnn5C)nc4c23)C1. The molecule has 5 rings (SSSR count). The van der Waals surface area contributed by atoms with Gasteiger partial charge in [-0.25, -0.2) is 14.5 Å². The molecule has 0 saturated carbocycles. The first-order chi connectivity index (χ1) is 13.4. The average molecular weight is 415 g/mol. The minimum atomic E-state index is 0.370. The predicted octanol–water partition coefficient (Wildman–Crippen LogP) is 4.93. The Bertz CT molecular complexity index is 1180. The van der Waals surface area contributed by atoms with Gasteiger partial charge < -0.3 is 0 Å². The molecule has 146 valence electrons. The highest BCUT2D eigenvalue weighted by Crippen LogP contribution is 2.45. The lowest BCUT2D eigenvalue weighted by Crippen LogP contribution is -2.28. The van der Waals surface area contributed by atoms with E-state index in [0.717, 1.165) is 40.3 Å². The van der Waals surface area contributed by atoms with E-state index in [0.29, 0.717) is 16.3 Å². The van der Waals surface area contributed by atoms with Crippen molar-refractivity contribution in [1.29, 1.82) is 0 Å². The fourth-order valence-corrected chi connectivity index (χ4v) is 5.80. The third-order valence-corrected chi connectivity index (χ3v) is 7.95. The molecule has 0 aromatic carbocycles. The molecule has 0 amide bonds. The molecule has 0 radical (unpaired) electrons. The van der Waals surface area contributed by atoms with Crippen LogP contribution in [0.15, 0.2) is 12.5 Å². The van der Waals surface area contributed by atoms with E-state index in [-0.39, 0.29) is 0 Å². The third kappa shape index (κ3) is 2.59. The minimum absolute atomic E-state index is 0.370. The molecule has 1 atom stereocenters. The molecule has 0 spiro atoms. The Morgan fingerprint density at radius 2 is 2.18 bits per heavy atom. The number of hydrogen-bond acceptors (Lipinski definition) is 5. The maximum Gasteiger partial charge on any atom is 0.202 e. The van der Waals surface area contributed by atoms with Crippen molar-refractivity contribution in [3.05, 3.63) is 28.0 Å². The number of nitrogens with zero attached hydrogens (tertiary/aromatic N) is 6. The Balaban J connectivity index is 1.66. The molecule has 1 aliphatic carbocycles. The largest absolute Gasteiger partial charge is 0.263 e. The van der Waals surface area contributed by atoms with Crippen molar-refractivity contribution >= 4 is 38.8 Å². The molecule has 6 nitrogen and oxygen atoms in total. The highest BCUT2D eigenvalue weighted by Gasteiger charge is 2.33. The highest BCUT2D eigenvalue weighted by atomic mass is 35.5. The summed E-state index contributed by atoms with van der Waals surface area (Å²) in [5.74, 6) is 1.30. The fraction of sp³-hybridized carbons (Fsp3) is 0.500. The van der Waals surface area contributed by atoms with Crippen LogP contribution in [-0.4, -0.2) is 29.4 Å². The van der Waals surface area contributed by atoms with E-state index >= 15 is 0 Å². The van der Waals surface area contributed by atoms with Crippen molar-refractivity contribution in [2.75, 3.05) is 0 Å². The van der Waals surface area contributed by atoms with Crippen LogP contribution >= 0.6 is 22.9 Å². The van der Waals surface area contributed by atoms with E-state index in [1.807, 2.05) is 18.4 Å². The summed E-state index contributed by atoms with van der Waals surface area (Å²) in [5, 5.41) is 10.5. The number of fused-ring (bicyclic) bond motifs is 5. The maximum absolute atomic E-state index is 6.31. The summed E-state index contributed by atoms with van der Waals surface area (Å²) in [6.45, 7) is 7.09. The lowest BCUT2D eigenvalue weighted by atomic mass is 9.70. The minimum Gasteiger partial charge on any atom is -0.263 e. The van der Waals surface area contributed by atoms with Crippen molar-refractivity contribution in [3.63, 3.8) is 0 Å². The van der Waals surface area contributed by atoms with E-state index in [2.05, 4.69) is 36.0 Å². The predicted molar refractivity (Wildman–Crippen MR) is 113 cm³/mol. The molecule has 28 heavy (non-hydrogen) atoms. The fourth-order valence-electron chi connectivity index (χ4n) is 4.29. The Morgan fingerprint density at radius 1 is 1.36 bits per heavy atom. The quantitative estimate of drug-likeness (QED) is 0.476. The zero-order chi connectivity index (χ0) is 19.6. The first-order valence-electron chi connectivity index (χ1n) is 9.72. The lowest BCUT2D eigenvalue weighted by molar-refractivity contribution is 0.184. The summed E-state index contributed by atoms with van der Waals surface area (Å²) in [6.07, 6.45) is 8.03. The number of hydrogen-bond donors (Lipinski definition) is 0. The summed E-state index contributed by atoms with van der Waals surface area (Å²) in [6, 6.07) is 0. The second-order valence-electron chi connectivity index (χ2n) is 8.38. The molecule has 1 aliphatic rings. The molecule has 0 fully saturated rings. The molecule has 4 aromatic rings. The first-order valence-corrected chi connectivity index (χ1v) is 10.9. The Hall–Kier alpha value is -1.99. The van der Waals surface area contributed by atoms with Gasteiger partial charge in [0.05, 0.1) is 16.6 Å². The van der Waals surface area contributed by atoms with Gasteiger partial charge in [-0.15, -0.1) is 16.4 Å². The topological polar surface area (TPSA) is 60.9 Å². The molecule has 0 saturated heterocycles. The van der Waals surface area contributed by atoms with Crippen molar-refractivity contribution in [1.82, 2.24) is 29.4 Å². The number of halogens is 1. The van der Waals surface area contributed by atoms with E-state index in [9.17, 15) is 0 Å². The molecule has 0 aliphatic heterocycles. The van der Waals surface area contributed by atoms with E-state index in [4.69, 9.17) is 16.6 Å². The van der Waals surface area contributed by atoms with Crippen molar-refractivity contribution in [2.45, 2.75) is 46.5 Å². The zero-order valence-corrected chi connectivity index (χ0v) is 18.1. The Labute approximate surface area is 172 Å². The van der Waals surface area contributed by atoms with E-state index in [1.54, 1.807) is 21.7 Å². The van der Waals surface area contributed by atoms with Crippen molar-refractivity contribution in [3.8, 4) is 11.5 Å². The summed E-state index contributed by atoms with van der Waals surface area (Å²) < 4.78 is 3.48. The molecular weight excluding hydrogens is 392 g/mol. The third-order valence-electron chi connectivity index (χ3n) is 6.51. The van der Waals surface area contributed by atoms with Gasteiger partial charge in [-0.1, -0.05) is 38.8 Å². The van der Waals surface area contributed by atoms with Crippen LogP contribution < -0.4 is 0 Å². The first kappa shape index (κ1) is 18.1. The van der Waals surface area contributed by atoms with Crippen LogP contribution in [0.3, 0.4) is 0 Å².